The van der Waals surface area contributed by atoms with Crippen molar-refractivity contribution in [2.24, 2.45) is 0 Å². The van der Waals surface area contributed by atoms with Gasteiger partial charge in [-0.1, -0.05) is 0 Å². The summed E-state index contributed by atoms with van der Waals surface area (Å²) in [5.41, 5.74) is -5.30. The molecule has 0 amide bonds. The average molecular weight is 318 g/mol. The topological polar surface area (TPSA) is 43.4 Å². The normalized spacial score (nSPS) is 13.1. The average Bonchev–Trinajstić information content (AvgIpc) is 2.02. The molecule has 0 aliphatic rings. The van der Waals surface area contributed by atoms with Crippen LogP contribution in [0.15, 0.2) is 0 Å². The second-order valence-electron chi connectivity index (χ2n) is 1.59. The minimum absolute atomic E-state index is 0.134. The fourth-order valence-corrected chi connectivity index (χ4v) is 20.8. The number of hydrogen-bond acceptors (Lipinski definition) is 3. The van der Waals surface area contributed by atoms with Crippen molar-refractivity contribution >= 4 is 63.4 Å². The Labute approximate surface area is 94.3 Å². The van der Waals surface area contributed by atoms with Crippen molar-refractivity contribution in [2.75, 3.05) is 0 Å². The van der Waals surface area contributed by atoms with Gasteiger partial charge < -0.3 is 3.87 Å². The molecule has 0 N–H and O–H groups in total. The Balaban J connectivity index is 3.80. The standard InChI is InChI=1S/CF3O3SSi6/c2-1(3,4)8(5,6)7-10-12-14-13-11-9. The predicted octanol–water partition coefficient (Wildman–Crippen LogP) is -1.97. The summed E-state index contributed by atoms with van der Waals surface area (Å²) in [4.78, 5) is 0. The lowest BCUT2D eigenvalue weighted by Gasteiger charge is -2.06. The Morgan fingerprint density at radius 1 is 1.14 bits per heavy atom. The minimum atomic E-state index is -5.37. The third-order valence-corrected chi connectivity index (χ3v) is 19.5. The van der Waals surface area contributed by atoms with Gasteiger partial charge in [-0.15, -0.1) is 0 Å². The Kier molecular flexibility index (Phi) is 7.02. The molecule has 13 radical (unpaired) electrons. The third-order valence-electron chi connectivity index (χ3n) is 0.673. The van der Waals surface area contributed by atoms with E-state index < -0.39 is 24.9 Å². The monoisotopic (exact) mass is 317 g/mol. The van der Waals surface area contributed by atoms with Crippen LogP contribution in [0.25, 0.3) is 0 Å². The Hall–Kier alpha value is 1.00. The highest BCUT2D eigenvalue weighted by molar-refractivity contribution is 7.88. The van der Waals surface area contributed by atoms with E-state index >= 15 is 0 Å². The smallest absolute Gasteiger partial charge is 0.314 e. The van der Waals surface area contributed by atoms with E-state index in [9.17, 15) is 21.6 Å². The van der Waals surface area contributed by atoms with Gasteiger partial charge in [-0.2, -0.15) is 21.6 Å². The molecule has 3 nitrogen and oxygen atoms in total. The third kappa shape index (κ3) is 5.78. The summed E-state index contributed by atoms with van der Waals surface area (Å²) in [6.07, 6.45) is 0. The molecule has 0 unspecified atom stereocenters. The molecular formula is CF3O3SSi6. The molecule has 0 heterocycles. The van der Waals surface area contributed by atoms with Gasteiger partial charge in [-0.05, 0) is 0 Å². The zero-order valence-electron chi connectivity index (χ0n) is 6.27. The van der Waals surface area contributed by atoms with Gasteiger partial charge in [0.1, 0.15) is 0 Å². The van der Waals surface area contributed by atoms with Gasteiger partial charge in [0.05, 0.1) is 0 Å². The molecule has 0 saturated heterocycles. The fourth-order valence-electron chi connectivity index (χ4n) is 0.211. The first-order valence-electron chi connectivity index (χ1n) is 2.73. The molecule has 0 fully saturated rings. The van der Waals surface area contributed by atoms with Crippen molar-refractivity contribution in [3.63, 3.8) is 0 Å². The molecule has 0 saturated carbocycles. The van der Waals surface area contributed by atoms with Crippen molar-refractivity contribution in [3.05, 3.63) is 0 Å². The molecule has 0 spiro atoms. The Morgan fingerprint density at radius 3 is 2.14 bits per heavy atom. The zero-order chi connectivity index (χ0) is 11.2. The van der Waals surface area contributed by atoms with Crippen molar-refractivity contribution in [1.82, 2.24) is 0 Å². The van der Waals surface area contributed by atoms with E-state index in [0.29, 0.717) is 25.7 Å². The van der Waals surface area contributed by atoms with Crippen LogP contribution in [-0.4, -0.2) is 67.2 Å². The molecular weight excluding hydrogens is 318 g/mol. The highest BCUT2D eigenvalue weighted by Crippen LogP contribution is 2.23. The zero-order valence-corrected chi connectivity index (χ0v) is 13.1. The van der Waals surface area contributed by atoms with Crippen LogP contribution < -0.4 is 0 Å². The summed E-state index contributed by atoms with van der Waals surface area (Å²) >= 11 is 0. The van der Waals surface area contributed by atoms with Gasteiger partial charge in [0.25, 0.3) is 0 Å². The Bertz CT molecular complexity index is 250. The van der Waals surface area contributed by atoms with Crippen molar-refractivity contribution < 1.29 is 25.5 Å². The molecule has 0 rings (SSSR count). The van der Waals surface area contributed by atoms with Crippen molar-refractivity contribution in [3.8, 4) is 0 Å². The van der Waals surface area contributed by atoms with E-state index in [4.69, 9.17) is 0 Å². The molecule has 13 heteroatoms. The first-order chi connectivity index (χ1) is 6.31. The van der Waals surface area contributed by atoms with Gasteiger partial charge in [-0.3, -0.25) is 0 Å². The van der Waals surface area contributed by atoms with Crippen LogP contribution in [0.3, 0.4) is 0 Å². The summed E-state index contributed by atoms with van der Waals surface area (Å²) in [6.45, 7) is 0. The van der Waals surface area contributed by atoms with E-state index in [1.54, 1.807) is 0 Å². The maximum atomic E-state index is 11.7. The number of alkyl halides is 3. The summed E-state index contributed by atoms with van der Waals surface area (Å²) in [5, 5.41) is 0. The molecule has 0 atom stereocenters. The SMILES string of the molecule is O=S(=O)(O[Si][Si][Si][Si][Si][Si])C(F)(F)F. The molecule has 0 aromatic carbocycles. The second kappa shape index (κ2) is 6.56. The molecule has 0 aromatic rings. The lowest BCUT2D eigenvalue weighted by atomic mass is 11.6. The summed E-state index contributed by atoms with van der Waals surface area (Å²) in [6, 6.07) is 0. The first-order valence-corrected chi connectivity index (χ1v) is 14.5. The minimum Gasteiger partial charge on any atom is -0.314 e. The maximum absolute atomic E-state index is 11.7. The highest BCUT2D eigenvalue weighted by Gasteiger charge is 2.46. The largest absolute Gasteiger partial charge is 0.522 e. The van der Waals surface area contributed by atoms with Crippen LogP contribution in [-0.2, 0) is 14.0 Å². The van der Waals surface area contributed by atoms with Crippen molar-refractivity contribution in [2.45, 2.75) is 5.51 Å². The molecule has 73 valence electrons. The van der Waals surface area contributed by atoms with E-state index in [2.05, 4.69) is 13.6 Å². The predicted molar refractivity (Wildman–Crippen MR) is 50.6 cm³/mol. The lowest BCUT2D eigenvalue weighted by molar-refractivity contribution is -0.0498. The van der Waals surface area contributed by atoms with Crippen LogP contribution in [0.5, 0.6) is 0 Å². The van der Waals surface area contributed by atoms with Crippen LogP contribution in [0.2, 0.25) is 0 Å². The fraction of sp³-hybridized carbons (Fsp3) is 1.00. The first kappa shape index (κ1) is 15.0. The molecule has 14 heavy (non-hydrogen) atoms. The molecule has 0 aromatic heterocycles. The second-order valence-corrected chi connectivity index (χ2v) is 17.4. The number of halogens is 3. The van der Waals surface area contributed by atoms with Crippen LogP contribution >= 0.6 is 0 Å². The van der Waals surface area contributed by atoms with Gasteiger partial charge in [0.15, 0.2) is 0 Å². The van der Waals surface area contributed by atoms with Gasteiger partial charge >= 0.3 is 15.6 Å². The van der Waals surface area contributed by atoms with E-state index in [1.807, 2.05) is 0 Å². The highest BCUT2D eigenvalue weighted by atomic mass is 32.2. The molecule has 0 bridgehead atoms. The summed E-state index contributed by atoms with van der Waals surface area (Å²) in [7, 11) is -0.934. The van der Waals surface area contributed by atoms with Gasteiger partial charge in [0.2, 0.25) is 9.28 Å². The molecule has 0 aliphatic carbocycles. The van der Waals surface area contributed by atoms with E-state index in [1.165, 1.54) is 0 Å². The molecule has 0 aliphatic heterocycles. The van der Waals surface area contributed by atoms with Crippen LogP contribution in [0.1, 0.15) is 0 Å². The number of hydrogen-bond donors (Lipinski definition) is 0. The Morgan fingerprint density at radius 2 is 1.71 bits per heavy atom. The summed E-state index contributed by atoms with van der Waals surface area (Å²) in [5.74, 6) is 0. The van der Waals surface area contributed by atoms with Crippen LogP contribution in [0.4, 0.5) is 13.2 Å². The van der Waals surface area contributed by atoms with Crippen LogP contribution in [0, 0.1) is 0 Å². The van der Waals surface area contributed by atoms with Crippen molar-refractivity contribution in [1.29, 1.82) is 0 Å². The van der Waals surface area contributed by atoms with Gasteiger partial charge in [0, 0.05) is 44.0 Å². The number of rotatable bonds is 6. The maximum Gasteiger partial charge on any atom is 0.522 e. The van der Waals surface area contributed by atoms with Gasteiger partial charge in [-0.25, -0.2) is 0 Å². The van der Waals surface area contributed by atoms with E-state index in [0.717, 1.165) is 0 Å². The van der Waals surface area contributed by atoms with E-state index in [-0.39, 0.29) is 8.55 Å². The quantitative estimate of drug-likeness (QED) is 0.324. The summed E-state index contributed by atoms with van der Waals surface area (Å²) < 4.78 is 59.6. The lowest BCUT2D eigenvalue weighted by Crippen LogP contribution is -2.31.